The van der Waals surface area contributed by atoms with E-state index in [0.717, 1.165) is 34.6 Å². The number of thiophene rings is 2. The molecule has 1 aliphatic rings. The zero-order chi connectivity index (χ0) is 29.6. The number of allylic oxidation sites excluding steroid dienone is 1. The van der Waals surface area contributed by atoms with E-state index in [9.17, 15) is 24.3 Å². The highest BCUT2D eigenvalue weighted by Gasteiger charge is 2.30. The minimum atomic E-state index is -0.808. The topological polar surface area (TPSA) is 153 Å². The number of nitrogens with one attached hydrogen (secondary N) is 1. The van der Waals surface area contributed by atoms with E-state index in [1.807, 2.05) is 0 Å². The Hall–Kier alpha value is -3.58. The second-order valence-electron chi connectivity index (χ2n) is 9.04. The third-order valence-electron chi connectivity index (χ3n) is 6.09. The van der Waals surface area contributed by atoms with Gasteiger partial charge >= 0.3 is 17.9 Å². The van der Waals surface area contributed by atoms with Crippen LogP contribution in [0.2, 0.25) is 0 Å². The van der Waals surface area contributed by atoms with E-state index in [4.69, 9.17) is 14.2 Å². The molecule has 0 aromatic carbocycles. The molecule has 1 atom stereocenters. The van der Waals surface area contributed by atoms with Crippen molar-refractivity contribution in [2.75, 3.05) is 25.1 Å². The predicted molar refractivity (Wildman–Crippen MR) is 151 cm³/mol. The average Bonchev–Trinajstić information content (AvgIpc) is 3.40. The molecule has 2 aromatic heterocycles. The number of carbonyl (C=O) groups excluding carboxylic acids is 4. The molecule has 216 valence electrons. The van der Waals surface area contributed by atoms with Crippen molar-refractivity contribution in [1.82, 2.24) is 0 Å². The van der Waals surface area contributed by atoms with Crippen molar-refractivity contribution < 1.29 is 38.5 Å². The van der Waals surface area contributed by atoms with Crippen LogP contribution in [-0.2, 0) is 31.8 Å². The van der Waals surface area contributed by atoms with Crippen LogP contribution in [0.25, 0.3) is 0 Å². The van der Waals surface area contributed by atoms with Crippen molar-refractivity contribution in [1.29, 1.82) is 0 Å². The molecule has 2 aromatic rings. The number of hydrogen-bond acceptors (Lipinski definition) is 12. The van der Waals surface area contributed by atoms with Crippen molar-refractivity contribution in [3.8, 4) is 0 Å². The van der Waals surface area contributed by atoms with Gasteiger partial charge in [0.25, 0.3) is 5.91 Å². The lowest BCUT2D eigenvalue weighted by Crippen LogP contribution is -2.18. The maximum atomic E-state index is 13.3. The Labute approximate surface area is 240 Å². The number of nitrogens with zero attached hydrogens (tertiary/aromatic N) is 2. The molecule has 2 N–H and O–H groups in total. The summed E-state index contributed by atoms with van der Waals surface area (Å²) in [5.74, 6) is -2.68. The Morgan fingerprint density at radius 3 is 2.17 bits per heavy atom. The van der Waals surface area contributed by atoms with Gasteiger partial charge in [0, 0.05) is 4.88 Å². The second-order valence-corrected chi connectivity index (χ2v) is 11.1. The summed E-state index contributed by atoms with van der Waals surface area (Å²) >= 11 is 2.15. The first-order chi connectivity index (χ1) is 19.0. The number of esters is 3. The van der Waals surface area contributed by atoms with Gasteiger partial charge in [-0.1, -0.05) is 6.92 Å². The molecule has 1 aliphatic carbocycles. The predicted octanol–water partition coefficient (Wildman–Crippen LogP) is 6.28. The molecule has 0 bridgehead atoms. The summed E-state index contributed by atoms with van der Waals surface area (Å²) in [6.07, 6.45) is 2.38. The molecule has 0 spiro atoms. The maximum absolute atomic E-state index is 13.3. The Morgan fingerprint density at radius 1 is 0.975 bits per heavy atom. The van der Waals surface area contributed by atoms with Crippen LogP contribution in [0.4, 0.5) is 10.0 Å². The quantitative estimate of drug-likeness (QED) is 0.108. The van der Waals surface area contributed by atoms with Gasteiger partial charge in [-0.2, -0.15) is 0 Å². The molecular formula is C27H33N3O8S2. The number of azo groups is 1. The second kappa shape index (κ2) is 13.7. The van der Waals surface area contributed by atoms with Gasteiger partial charge in [-0.25, -0.2) is 14.4 Å². The largest absolute Gasteiger partial charge is 0.510 e. The molecule has 0 unspecified atom stereocenters. The Balaban J connectivity index is 1.98. The molecule has 1 amide bonds. The number of aliphatic hydroxyl groups excluding tert-OH is 1. The van der Waals surface area contributed by atoms with Gasteiger partial charge in [0.1, 0.15) is 21.2 Å². The summed E-state index contributed by atoms with van der Waals surface area (Å²) in [6, 6.07) is 0. The summed E-state index contributed by atoms with van der Waals surface area (Å²) in [5.41, 5.74) is 1.06. The number of anilines is 1. The molecule has 0 aliphatic heterocycles. The Bertz CT molecular complexity index is 1370. The van der Waals surface area contributed by atoms with Gasteiger partial charge in [-0.3, -0.25) is 4.79 Å². The third-order valence-corrected chi connectivity index (χ3v) is 8.41. The molecule has 0 radical (unpaired) electrons. The van der Waals surface area contributed by atoms with E-state index in [-0.39, 0.29) is 35.3 Å². The van der Waals surface area contributed by atoms with Crippen molar-refractivity contribution in [3.63, 3.8) is 0 Å². The summed E-state index contributed by atoms with van der Waals surface area (Å²) in [6.45, 7) is 10.4. The highest BCUT2D eigenvalue weighted by molar-refractivity contribution is 7.18. The molecule has 0 fully saturated rings. The molecular weight excluding hydrogens is 558 g/mol. The third kappa shape index (κ3) is 6.76. The van der Waals surface area contributed by atoms with Crippen LogP contribution in [0.1, 0.15) is 87.4 Å². The van der Waals surface area contributed by atoms with Crippen molar-refractivity contribution in [2.45, 2.75) is 60.8 Å². The molecule has 0 saturated carbocycles. The fourth-order valence-electron chi connectivity index (χ4n) is 4.20. The van der Waals surface area contributed by atoms with Crippen LogP contribution in [-0.4, -0.2) is 48.7 Å². The minimum absolute atomic E-state index is 0.0124. The van der Waals surface area contributed by atoms with E-state index in [1.165, 1.54) is 18.3 Å². The number of rotatable bonds is 10. The van der Waals surface area contributed by atoms with Gasteiger partial charge < -0.3 is 24.6 Å². The summed E-state index contributed by atoms with van der Waals surface area (Å²) in [4.78, 5) is 52.3. The maximum Gasteiger partial charge on any atom is 0.348 e. The van der Waals surface area contributed by atoms with Crippen molar-refractivity contribution in [3.05, 3.63) is 43.5 Å². The SMILES string of the molecule is CCOC(=O)c1sc(N=NC(C(=O)Nc2sc3c(c2C(=O)OCC)CC[C@H](C)C3)=C(C)O)c(C(=O)OCC)c1C. The molecule has 0 saturated heterocycles. The van der Waals surface area contributed by atoms with Gasteiger partial charge in [0.15, 0.2) is 10.7 Å². The fraction of sp³-hybridized carbons (Fsp3) is 0.481. The monoisotopic (exact) mass is 591 g/mol. The van der Waals surface area contributed by atoms with Gasteiger partial charge in [0.05, 0.1) is 25.4 Å². The van der Waals surface area contributed by atoms with Crippen LogP contribution in [0.5, 0.6) is 0 Å². The number of fused-ring (bicyclic) bond motifs is 1. The van der Waals surface area contributed by atoms with Gasteiger partial charge in [0.2, 0.25) is 0 Å². The molecule has 11 nitrogen and oxygen atoms in total. The first-order valence-electron chi connectivity index (χ1n) is 13.0. The molecule has 3 rings (SSSR count). The van der Waals surface area contributed by atoms with Crippen molar-refractivity contribution >= 4 is 56.5 Å². The summed E-state index contributed by atoms with van der Waals surface area (Å²) in [5, 5.41) is 21.3. The lowest BCUT2D eigenvalue weighted by atomic mass is 9.88. The van der Waals surface area contributed by atoms with E-state index < -0.39 is 35.3 Å². The van der Waals surface area contributed by atoms with Crippen LogP contribution in [0.15, 0.2) is 21.7 Å². The zero-order valence-corrected chi connectivity index (χ0v) is 25.0. The smallest absolute Gasteiger partial charge is 0.348 e. The van der Waals surface area contributed by atoms with Crippen LogP contribution in [0, 0.1) is 12.8 Å². The Morgan fingerprint density at radius 2 is 1.57 bits per heavy atom. The standard InChI is InChI=1S/C27H33N3O8S2/c1-7-36-25(33)18-14(5)21(27(35)38-9-3)40-24(18)30-29-20(15(6)31)22(32)28-23-19(26(34)37-8-2)16-11-10-13(4)12-17(16)39-23/h13,31H,7-12H2,1-6H3,(H,28,32)/t13-/m0/s1. The minimum Gasteiger partial charge on any atom is -0.510 e. The first kappa shape index (κ1) is 31.0. The lowest BCUT2D eigenvalue weighted by molar-refractivity contribution is -0.113. The highest BCUT2D eigenvalue weighted by Crippen LogP contribution is 2.41. The molecule has 40 heavy (non-hydrogen) atoms. The fourth-order valence-corrected chi connectivity index (χ4v) is 6.61. The Kier molecular flexibility index (Phi) is 10.6. The summed E-state index contributed by atoms with van der Waals surface area (Å²) < 4.78 is 15.4. The van der Waals surface area contributed by atoms with Crippen LogP contribution < -0.4 is 5.32 Å². The molecule has 13 heteroatoms. The lowest BCUT2D eigenvalue weighted by Gasteiger charge is -2.18. The summed E-state index contributed by atoms with van der Waals surface area (Å²) in [7, 11) is 0. The number of hydrogen-bond donors (Lipinski definition) is 2. The highest BCUT2D eigenvalue weighted by atomic mass is 32.1. The van der Waals surface area contributed by atoms with Gasteiger partial charge in [-0.15, -0.1) is 32.9 Å². The average molecular weight is 592 g/mol. The van der Waals surface area contributed by atoms with E-state index in [1.54, 1.807) is 27.7 Å². The van der Waals surface area contributed by atoms with E-state index >= 15 is 0 Å². The first-order valence-corrected chi connectivity index (χ1v) is 14.6. The van der Waals surface area contributed by atoms with Crippen LogP contribution in [0.3, 0.4) is 0 Å². The van der Waals surface area contributed by atoms with Gasteiger partial charge in [-0.05, 0) is 70.9 Å². The normalized spacial score (nSPS) is 15.3. The number of aliphatic hydroxyl groups is 1. The van der Waals surface area contributed by atoms with E-state index in [0.29, 0.717) is 28.5 Å². The number of ether oxygens (including phenoxy) is 3. The molecule has 2 heterocycles. The van der Waals surface area contributed by atoms with Crippen molar-refractivity contribution in [2.24, 2.45) is 16.1 Å². The van der Waals surface area contributed by atoms with Crippen LogP contribution >= 0.6 is 22.7 Å². The number of amides is 1. The zero-order valence-electron chi connectivity index (χ0n) is 23.3. The van der Waals surface area contributed by atoms with E-state index in [2.05, 4.69) is 22.5 Å². The number of carbonyl (C=O) groups is 4.